The number of hydrogen-bond donors (Lipinski definition) is 1. The lowest BCUT2D eigenvalue weighted by molar-refractivity contribution is -0.139. The van der Waals surface area contributed by atoms with Crippen molar-refractivity contribution in [2.75, 3.05) is 6.61 Å². The summed E-state index contributed by atoms with van der Waals surface area (Å²) < 4.78 is 9.57. The van der Waals surface area contributed by atoms with Gasteiger partial charge >= 0.3 is 5.97 Å². The van der Waals surface area contributed by atoms with Crippen LogP contribution < -0.4 is 4.74 Å². The Morgan fingerprint density at radius 1 is 1.12 bits per heavy atom. The zero-order chi connectivity index (χ0) is 23.3. The van der Waals surface area contributed by atoms with Gasteiger partial charge in [0.2, 0.25) is 0 Å². The second kappa shape index (κ2) is 9.79. The molecule has 1 aliphatic carbocycles. The van der Waals surface area contributed by atoms with Crippen molar-refractivity contribution in [2.45, 2.75) is 31.8 Å². The van der Waals surface area contributed by atoms with Gasteiger partial charge in [0, 0.05) is 29.7 Å². The molecule has 34 heavy (non-hydrogen) atoms. The smallest absolute Gasteiger partial charge is 0.341 e. The van der Waals surface area contributed by atoms with E-state index >= 15 is 0 Å². The Bertz CT molecular complexity index is 1290. The quantitative estimate of drug-likeness (QED) is 0.421. The highest BCUT2D eigenvalue weighted by molar-refractivity contribution is 5.73. The van der Waals surface area contributed by atoms with Crippen molar-refractivity contribution < 1.29 is 14.6 Å². The highest BCUT2D eigenvalue weighted by Gasteiger charge is 2.20. The SMILES string of the molecule is O=C(O)COc1cccc2c1CCC/C2=C/Cn1cc(C(c2ccccc2)n2ccnc2)cn1. The van der Waals surface area contributed by atoms with Crippen LogP contribution in [0.15, 0.2) is 85.7 Å². The van der Waals surface area contributed by atoms with E-state index in [9.17, 15) is 4.79 Å². The van der Waals surface area contributed by atoms with Crippen molar-refractivity contribution in [3.63, 3.8) is 0 Å². The van der Waals surface area contributed by atoms with Gasteiger partial charge in [-0.1, -0.05) is 48.5 Å². The van der Waals surface area contributed by atoms with E-state index in [4.69, 9.17) is 9.84 Å². The highest BCUT2D eigenvalue weighted by atomic mass is 16.5. The molecule has 7 heteroatoms. The number of aromatic nitrogens is 4. The highest BCUT2D eigenvalue weighted by Crippen LogP contribution is 2.36. The van der Waals surface area contributed by atoms with Gasteiger partial charge in [-0.3, -0.25) is 4.68 Å². The van der Waals surface area contributed by atoms with Gasteiger partial charge in [-0.25, -0.2) is 9.78 Å². The maximum absolute atomic E-state index is 10.9. The van der Waals surface area contributed by atoms with Crippen molar-refractivity contribution in [2.24, 2.45) is 0 Å². The van der Waals surface area contributed by atoms with E-state index in [1.54, 1.807) is 6.20 Å². The molecule has 0 spiro atoms. The van der Waals surface area contributed by atoms with Crippen molar-refractivity contribution in [3.05, 3.63) is 108 Å². The van der Waals surface area contributed by atoms with E-state index in [1.807, 2.05) is 53.7 Å². The van der Waals surface area contributed by atoms with Crippen LogP contribution in [0.1, 0.15) is 41.1 Å². The summed E-state index contributed by atoms with van der Waals surface area (Å²) in [6, 6.07) is 16.2. The molecule has 0 saturated carbocycles. The minimum atomic E-state index is -0.969. The number of aliphatic carboxylic acids is 1. The number of carbonyl (C=O) groups is 1. The first kappa shape index (κ1) is 21.7. The summed E-state index contributed by atoms with van der Waals surface area (Å²) >= 11 is 0. The zero-order valence-corrected chi connectivity index (χ0v) is 18.7. The summed E-state index contributed by atoms with van der Waals surface area (Å²) in [7, 11) is 0. The van der Waals surface area contributed by atoms with E-state index in [2.05, 4.69) is 45.1 Å². The number of ether oxygens (including phenoxy) is 1. The van der Waals surface area contributed by atoms with Gasteiger partial charge in [0.15, 0.2) is 6.61 Å². The van der Waals surface area contributed by atoms with Crippen LogP contribution in [0.2, 0.25) is 0 Å². The van der Waals surface area contributed by atoms with Crippen molar-refractivity contribution in [1.29, 1.82) is 0 Å². The monoisotopic (exact) mass is 454 g/mol. The topological polar surface area (TPSA) is 82.2 Å². The molecule has 1 aliphatic rings. The van der Waals surface area contributed by atoms with Gasteiger partial charge in [-0.15, -0.1) is 0 Å². The summed E-state index contributed by atoms with van der Waals surface area (Å²) in [5.41, 5.74) is 5.74. The molecule has 1 unspecified atom stereocenters. The Hall–Kier alpha value is -4.13. The fourth-order valence-corrected chi connectivity index (χ4v) is 4.62. The molecular weight excluding hydrogens is 428 g/mol. The molecule has 1 N–H and O–H groups in total. The third-order valence-corrected chi connectivity index (χ3v) is 6.14. The predicted octanol–water partition coefficient (Wildman–Crippen LogP) is 4.60. The zero-order valence-electron chi connectivity index (χ0n) is 18.7. The third-order valence-electron chi connectivity index (χ3n) is 6.14. The van der Waals surface area contributed by atoms with Crippen molar-refractivity contribution >= 4 is 11.5 Å². The minimum Gasteiger partial charge on any atom is -0.482 e. The molecular formula is C27H26N4O3. The number of carboxylic acid groups (broad SMARTS) is 1. The molecule has 0 fully saturated rings. The van der Waals surface area contributed by atoms with Crippen LogP contribution in [0.5, 0.6) is 5.75 Å². The Balaban J connectivity index is 1.38. The van der Waals surface area contributed by atoms with E-state index in [1.165, 1.54) is 11.1 Å². The van der Waals surface area contributed by atoms with Crippen molar-refractivity contribution in [3.8, 4) is 5.75 Å². The number of fused-ring (bicyclic) bond motifs is 1. The van der Waals surface area contributed by atoms with Crippen LogP contribution in [0, 0.1) is 0 Å². The van der Waals surface area contributed by atoms with Gasteiger partial charge < -0.3 is 14.4 Å². The number of imidazole rings is 1. The average Bonchev–Trinajstić information content (AvgIpc) is 3.55. The second-order valence-electron chi connectivity index (χ2n) is 8.37. The molecule has 0 radical (unpaired) electrons. The number of allylic oxidation sites excluding steroid dienone is 2. The Morgan fingerprint density at radius 2 is 2.00 bits per heavy atom. The lowest BCUT2D eigenvalue weighted by Gasteiger charge is -2.22. The molecule has 1 atom stereocenters. The largest absolute Gasteiger partial charge is 0.482 e. The van der Waals surface area contributed by atoms with E-state index in [0.29, 0.717) is 12.3 Å². The second-order valence-corrected chi connectivity index (χ2v) is 8.37. The van der Waals surface area contributed by atoms with Gasteiger partial charge in [0.1, 0.15) is 5.75 Å². The molecule has 0 saturated heterocycles. The third kappa shape index (κ3) is 4.64. The lowest BCUT2D eigenvalue weighted by Crippen LogP contribution is -2.12. The summed E-state index contributed by atoms with van der Waals surface area (Å²) in [4.78, 5) is 15.2. The van der Waals surface area contributed by atoms with Crippen LogP contribution in [-0.2, 0) is 17.8 Å². The Kier molecular flexibility index (Phi) is 6.25. The van der Waals surface area contributed by atoms with E-state index in [-0.39, 0.29) is 12.6 Å². The Morgan fingerprint density at radius 3 is 2.79 bits per heavy atom. The first-order valence-electron chi connectivity index (χ1n) is 11.4. The minimum absolute atomic E-state index is 0.00875. The lowest BCUT2D eigenvalue weighted by atomic mass is 9.86. The molecule has 5 rings (SSSR count). The predicted molar refractivity (Wildman–Crippen MR) is 129 cm³/mol. The summed E-state index contributed by atoms with van der Waals surface area (Å²) in [5.74, 6) is -0.305. The molecule has 0 bridgehead atoms. The summed E-state index contributed by atoms with van der Waals surface area (Å²) in [6.07, 6.45) is 14.7. The van der Waals surface area contributed by atoms with Gasteiger partial charge in [0.25, 0.3) is 0 Å². The van der Waals surface area contributed by atoms with Gasteiger partial charge in [-0.2, -0.15) is 5.10 Å². The number of benzene rings is 2. The molecule has 7 nitrogen and oxygen atoms in total. The fourth-order valence-electron chi connectivity index (χ4n) is 4.62. The van der Waals surface area contributed by atoms with Gasteiger partial charge in [-0.05, 0) is 42.0 Å². The Labute approximate surface area is 198 Å². The number of nitrogens with zero attached hydrogens (tertiary/aromatic N) is 4. The first-order chi connectivity index (χ1) is 16.7. The molecule has 2 heterocycles. The molecule has 172 valence electrons. The van der Waals surface area contributed by atoms with Crippen LogP contribution in [0.3, 0.4) is 0 Å². The summed E-state index contributed by atoms with van der Waals surface area (Å²) in [5, 5.41) is 13.6. The van der Waals surface area contributed by atoms with Gasteiger partial charge in [0.05, 0.1) is 25.1 Å². The molecule has 0 amide bonds. The standard InChI is InChI=1S/C27H26N4O3/c32-26(33)18-34-25-11-5-9-23-20(8-4-10-24(23)25)12-14-31-17-22(16-29-31)27(30-15-13-28-19-30)21-6-2-1-3-7-21/h1-3,5-7,9,11-13,15-17,19,27H,4,8,10,14,18H2,(H,32,33)/b20-12-. The first-order valence-corrected chi connectivity index (χ1v) is 11.4. The van der Waals surface area contributed by atoms with Crippen LogP contribution in [0.25, 0.3) is 5.57 Å². The van der Waals surface area contributed by atoms with Crippen LogP contribution in [-0.4, -0.2) is 37.0 Å². The normalized spacial score (nSPS) is 15.1. The van der Waals surface area contributed by atoms with E-state index in [0.717, 1.165) is 36.0 Å². The van der Waals surface area contributed by atoms with E-state index < -0.39 is 5.97 Å². The molecule has 4 aromatic rings. The maximum Gasteiger partial charge on any atom is 0.341 e. The number of rotatable bonds is 8. The molecule has 2 aromatic heterocycles. The molecule has 2 aromatic carbocycles. The average molecular weight is 455 g/mol. The number of carboxylic acids is 1. The molecule has 0 aliphatic heterocycles. The number of hydrogen-bond acceptors (Lipinski definition) is 4. The van der Waals surface area contributed by atoms with Crippen molar-refractivity contribution in [1.82, 2.24) is 19.3 Å². The maximum atomic E-state index is 10.9. The van der Waals surface area contributed by atoms with Crippen LogP contribution >= 0.6 is 0 Å². The summed E-state index contributed by atoms with van der Waals surface area (Å²) in [6.45, 7) is 0.325. The fraction of sp³-hybridized carbons (Fsp3) is 0.222. The van der Waals surface area contributed by atoms with Crippen LogP contribution in [0.4, 0.5) is 0 Å².